The first-order valence-electron chi connectivity index (χ1n) is 5.95. The predicted octanol–water partition coefficient (Wildman–Crippen LogP) is 3.39. The summed E-state index contributed by atoms with van der Waals surface area (Å²) in [5.74, 6) is 0.345. The van der Waals surface area contributed by atoms with Gasteiger partial charge >= 0.3 is 5.91 Å². The van der Waals surface area contributed by atoms with Gasteiger partial charge in [-0.2, -0.15) is 0 Å². The Morgan fingerprint density at radius 1 is 1.16 bits per heavy atom. The predicted molar refractivity (Wildman–Crippen MR) is 73.1 cm³/mol. The lowest BCUT2D eigenvalue weighted by Crippen LogP contribution is -2.12. The van der Waals surface area contributed by atoms with Crippen LogP contribution in [-0.2, 0) is 0 Å². The van der Waals surface area contributed by atoms with Crippen molar-refractivity contribution in [1.82, 2.24) is 4.98 Å². The van der Waals surface area contributed by atoms with Gasteiger partial charge in [0, 0.05) is 5.69 Å². The van der Waals surface area contributed by atoms with Crippen LogP contribution >= 0.6 is 0 Å². The number of fused-ring (bicyclic) bond motifs is 1. The Kier molecular flexibility index (Phi) is 2.76. The summed E-state index contributed by atoms with van der Waals surface area (Å²) in [4.78, 5) is 15.8. The first-order chi connectivity index (χ1) is 9.22. The molecule has 1 amide bonds. The second-order valence-electron chi connectivity index (χ2n) is 4.29. The van der Waals surface area contributed by atoms with E-state index in [9.17, 15) is 4.79 Å². The molecule has 2 aromatic carbocycles. The van der Waals surface area contributed by atoms with Gasteiger partial charge in [0.05, 0.1) is 6.20 Å². The Labute approximate surface area is 110 Å². The minimum atomic E-state index is -0.344. The minimum Gasteiger partial charge on any atom is -0.438 e. The molecular formula is C15H12N2O2. The third kappa shape index (κ3) is 2.33. The zero-order valence-electron chi connectivity index (χ0n) is 10.4. The fourth-order valence-corrected chi connectivity index (χ4v) is 1.91. The van der Waals surface area contributed by atoms with Crippen molar-refractivity contribution < 1.29 is 9.21 Å². The van der Waals surface area contributed by atoms with Crippen molar-refractivity contribution in [3.8, 4) is 0 Å². The largest absolute Gasteiger partial charge is 0.438 e. The summed E-state index contributed by atoms with van der Waals surface area (Å²) < 4.78 is 5.18. The molecule has 3 rings (SSSR count). The molecule has 0 aliphatic heterocycles. The number of carbonyl (C=O) groups excluding carboxylic acids is 1. The van der Waals surface area contributed by atoms with Gasteiger partial charge in [-0.3, -0.25) is 4.79 Å². The molecule has 3 aromatic rings. The summed E-state index contributed by atoms with van der Waals surface area (Å²) in [6.45, 7) is 1.75. The van der Waals surface area contributed by atoms with Crippen LogP contribution in [0.4, 0.5) is 5.69 Å². The molecule has 0 saturated carbocycles. The summed E-state index contributed by atoms with van der Waals surface area (Å²) in [5.41, 5.74) is 0.722. The number of carbonyl (C=O) groups is 1. The normalized spacial score (nSPS) is 10.6. The Balaban J connectivity index is 1.87. The molecule has 4 heteroatoms. The van der Waals surface area contributed by atoms with E-state index in [1.165, 1.54) is 6.20 Å². The molecule has 0 radical (unpaired) electrons. The van der Waals surface area contributed by atoms with E-state index < -0.39 is 0 Å². The van der Waals surface area contributed by atoms with Gasteiger partial charge in [-0.1, -0.05) is 30.3 Å². The van der Waals surface area contributed by atoms with Gasteiger partial charge in [0.25, 0.3) is 5.89 Å². The van der Waals surface area contributed by atoms with Crippen molar-refractivity contribution in [3.63, 3.8) is 0 Å². The van der Waals surface area contributed by atoms with Gasteiger partial charge in [0.2, 0.25) is 0 Å². The molecule has 0 fully saturated rings. The molecular weight excluding hydrogens is 240 g/mol. The van der Waals surface area contributed by atoms with E-state index in [-0.39, 0.29) is 11.8 Å². The maximum Gasteiger partial charge on any atom is 0.311 e. The van der Waals surface area contributed by atoms with Gasteiger partial charge in [-0.05, 0) is 29.8 Å². The van der Waals surface area contributed by atoms with Crippen LogP contribution in [0.5, 0.6) is 0 Å². The van der Waals surface area contributed by atoms with Gasteiger partial charge in [-0.15, -0.1) is 0 Å². The lowest BCUT2D eigenvalue weighted by Gasteiger charge is -2.04. The molecule has 4 nitrogen and oxygen atoms in total. The van der Waals surface area contributed by atoms with Gasteiger partial charge in [0.15, 0.2) is 0 Å². The fraction of sp³-hybridized carbons (Fsp3) is 0.0667. The zero-order chi connectivity index (χ0) is 13.2. The average Bonchev–Trinajstić information content (AvgIpc) is 2.85. The van der Waals surface area contributed by atoms with E-state index >= 15 is 0 Å². The van der Waals surface area contributed by atoms with E-state index in [0.717, 1.165) is 16.5 Å². The lowest BCUT2D eigenvalue weighted by molar-refractivity contribution is 0.0989. The van der Waals surface area contributed by atoms with Gasteiger partial charge in [-0.25, -0.2) is 4.98 Å². The third-order valence-corrected chi connectivity index (χ3v) is 2.82. The summed E-state index contributed by atoms with van der Waals surface area (Å²) in [6.07, 6.45) is 1.52. The molecule has 94 valence electrons. The highest BCUT2D eigenvalue weighted by atomic mass is 16.4. The van der Waals surface area contributed by atoms with Gasteiger partial charge in [0.1, 0.15) is 5.76 Å². The first-order valence-corrected chi connectivity index (χ1v) is 5.95. The van der Waals surface area contributed by atoms with Crippen molar-refractivity contribution in [2.75, 3.05) is 5.32 Å². The molecule has 19 heavy (non-hydrogen) atoms. The number of rotatable bonds is 2. The Hall–Kier alpha value is -2.62. The Bertz CT molecular complexity index is 746. The van der Waals surface area contributed by atoms with E-state index in [2.05, 4.69) is 10.3 Å². The van der Waals surface area contributed by atoms with Crippen LogP contribution in [-0.4, -0.2) is 10.9 Å². The summed E-state index contributed by atoms with van der Waals surface area (Å²) in [7, 11) is 0. The van der Waals surface area contributed by atoms with Gasteiger partial charge < -0.3 is 9.73 Å². The Morgan fingerprint density at radius 2 is 1.95 bits per heavy atom. The Morgan fingerprint density at radius 3 is 2.68 bits per heavy atom. The smallest absolute Gasteiger partial charge is 0.311 e. The monoisotopic (exact) mass is 252 g/mol. The number of nitrogens with zero attached hydrogens (tertiary/aromatic N) is 1. The van der Waals surface area contributed by atoms with E-state index in [1.807, 2.05) is 42.5 Å². The second kappa shape index (κ2) is 4.57. The average molecular weight is 252 g/mol. The van der Waals surface area contributed by atoms with Crippen LogP contribution in [0.1, 0.15) is 16.4 Å². The van der Waals surface area contributed by atoms with Crippen LogP contribution in [0.3, 0.4) is 0 Å². The van der Waals surface area contributed by atoms with Crippen LogP contribution in [0, 0.1) is 6.92 Å². The molecule has 0 bridgehead atoms. The molecule has 0 saturated heterocycles. The summed E-state index contributed by atoms with van der Waals surface area (Å²) in [6, 6.07) is 13.7. The molecule has 0 aliphatic carbocycles. The van der Waals surface area contributed by atoms with Crippen LogP contribution in [0.2, 0.25) is 0 Å². The number of anilines is 1. The van der Waals surface area contributed by atoms with Crippen molar-refractivity contribution in [1.29, 1.82) is 0 Å². The highest BCUT2D eigenvalue weighted by Gasteiger charge is 2.12. The summed E-state index contributed by atoms with van der Waals surface area (Å²) >= 11 is 0. The number of aromatic nitrogens is 1. The van der Waals surface area contributed by atoms with E-state index in [4.69, 9.17) is 4.42 Å². The quantitative estimate of drug-likeness (QED) is 0.760. The maximum absolute atomic E-state index is 11.9. The number of benzene rings is 2. The molecule has 0 aliphatic rings. The SMILES string of the molecule is Cc1cnc(C(=O)Nc2ccc3ccccc3c2)o1. The molecule has 0 atom stereocenters. The third-order valence-electron chi connectivity index (χ3n) is 2.82. The van der Waals surface area contributed by atoms with Crippen molar-refractivity contribution in [2.45, 2.75) is 6.92 Å². The number of amides is 1. The molecule has 0 spiro atoms. The number of hydrogen-bond acceptors (Lipinski definition) is 3. The molecule has 1 N–H and O–H groups in total. The lowest BCUT2D eigenvalue weighted by atomic mass is 10.1. The highest BCUT2D eigenvalue weighted by Crippen LogP contribution is 2.19. The number of oxazole rings is 1. The number of aryl methyl sites for hydroxylation is 1. The highest BCUT2D eigenvalue weighted by molar-refractivity contribution is 6.02. The van der Waals surface area contributed by atoms with Crippen molar-refractivity contribution in [2.24, 2.45) is 0 Å². The fourth-order valence-electron chi connectivity index (χ4n) is 1.91. The van der Waals surface area contributed by atoms with Crippen molar-refractivity contribution in [3.05, 3.63) is 60.3 Å². The number of nitrogens with one attached hydrogen (secondary N) is 1. The molecule has 0 unspecified atom stereocenters. The standard InChI is InChI=1S/C15H12N2O2/c1-10-9-16-15(19-10)14(18)17-13-7-6-11-4-2-3-5-12(11)8-13/h2-9H,1H3,(H,17,18). The summed E-state index contributed by atoms with van der Waals surface area (Å²) in [5, 5.41) is 4.97. The minimum absolute atomic E-state index is 0.0747. The first kappa shape index (κ1) is 11.5. The molecule has 1 aromatic heterocycles. The van der Waals surface area contributed by atoms with Crippen LogP contribution in [0.25, 0.3) is 10.8 Å². The molecule has 1 heterocycles. The zero-order valence-corrected chi connectivity index (χ0v) is 10.4. The van der Waals surface area contributed by atoms with E-state index in [0.29, 0.717) is 5.76 Å². The maximum atomic E-state index is 11.9. The van der Waals surface area contributed by atoms with Crippen LogP contribution in [0.15, 0.2) is 53.1 Å². The second-order valence-corrected chi connectivity index (χ2v) is 4.29. The van der Waals surface area contributed by atoms with Crippen LogP contribution < -0.4 is 5.32 Å². The number of hydrogen-bond donors (Lipinski definition) is 1. The van der Waals surface area contributed by atoms with E-state index in [1.54, 1.807) is 6.92 Å². The topological polar surface area (TPSA) is 55.1 Å². The van der Waals surface area contributed by atoms with Crippen molar-refractivity contribution >= 4 is 22.4 Å².